The van der Waals surface area contributed by atoms with Crippen molar-refractivity contribution in [1.82, 2.24) is 9.88 Å². The minimum absolute atomic E-state index is 0.0429. The molecule has 1 aliphatic rings. The van der Waals surface area contributed by atoms with Crippen molar-refractivity contribution in [1.29, 1.82) is 0 Å². The zero-order chi connectivity index (χ0) is 15.2. The van der Waals surface area contributed by atoms with Gasteiger partial charge in [-0.15, -0.1) is 0 Å². The lowest BCUT2D eigenvalue weighted by Crippen LogP contribution is -2.48. The normalized spacial score (nSPS) is 21.6. The van der Waals surface area contributed by atoms with E-state index in [2.05, 4.69) is 16.8 Å². The summed E-state index contributed by atoms with van der Waals surface area (Å²) in [4.78, 5) is 18.4. The molecule has 1 aromatic rings. The van der Waals surface area contributed by atoms with E-state index in [4.69, 9.17) is 9.84 Å². The van der Waals surface area contributed by atoms with Gasteiger partial charge >= 0.3 is 0 Å². The lowest BCUT2D eigenvalue weighted by Gasteiger charge is -2.35. The van der Waals surface area contributed by atoms with Gasteiger partial charge in [-0.3, -0.25) is 4.79 Å². The van der Waals surface area contributed by atoms with Gasteiger partial charge in [0.1, 0.15) is 5.69 Å². The van der Waals surface area contributed by atoms with Crippen LogP contribution in [-0.2, 0) is 4.74 Å². The van der Waals surface area contributed by atoms with Crippen LogP contribution < -0.4 is 0 Å². The van der Waals surface area contributed by atoms with Crippen LogP contribution in [0.4, 0.5) is 0 Å². The predicted octanol–water partition coefficient (Wildman–Crippen LogP) is 1.06. The van der Waals surface area contributed by atoms with Crippen LogP contribution in [0.15, 0.2) is 18.3 Å². The first kappa shape index (κ1) is 15.5. The molecule has 0 aliphatic carbocycles. The number of aliphatic hydroxyl groups excluding tert-OH is 1. The molecule has 0 spiro atoms. The van der Waals surface area contributed by atoms with Crippen molar-refractivity contribution in [3.63, 3.8) is 0 Å². The van der Waals surface area contributed by atoms with Gasteiger partial charge in [-0.25, -0.2) is 4.98 Å². The van der Waals surface area contributed by atoms with Crippen LogP contribution in [0.3, 0.4) is 0 Å². The zero-order valence-corrected chi connectivity index (χ0v) is 12.4. The second kappa shape index (κ2) is 7.21. The summed E-state index contributed by atoms with van der Waals surface area (Å²) in [7, 11) is 0. The molecule has 1 fully saturated rings. The average molecular weight is 288 g/mol. The van der Waals surface area contributed by atoms with Gasteiger partial charge in [0.15, 0.2) is 0 Å². The van der Waals surface area contributed by atoms with Crippen LogP contribution in [0.1, 0.15) is 36.3 Å². The Balaban J connectivity index is 2.04. The van der Waals surface area contributed by atoms with E-state index in [-0.39, 0.29) is 24.7 Å². The Labute approximate surface area is 124 Å². The van der Waals surface area contributed by atoms with E-state index in [1.165, 1.54) is 0 Å². The number of aliphatic hydroxyl groups is 1. The summed E-state index contributed by atoms with van der Waals surface area (Å²) >= 11 is 0. The molecule has 1 N–H and O–H groups in total. The highest BCUT2D eigenvalue weighted by molar-refractivity contribution is 5.92. The van der Waals surface area contributed by atoms with E-state index in [0.29, 0.717) is 25.2 Å². The Morgan fingerprint density at radius 1 is 1.43 bits per heavy atom. The van der Waals surface area contributed by atoms with Crippen molar-refractivity contribution in [3.8, 4) is 11.8 Å². The van der Waals surface area contributed by atoms with Crippen molar-refractivity contribution in [2.45, 2.75) is 32.5 Å². The first-order valence-electron chi connectivity index (χ1n) is 7.10. The summed E-state index contributed by atoms with van der Waals surface area (Å²) in [6.07, 6.45) is 2.11. The first-order chi connectivity index (χ1) is 10.1. The standard InChI is InChI=1S/C16H20N2O3/c1-12-10-18(11-13(2)21-12)16(20)15-7-6-14(9-17-15)5-3-4-8-19/h6-7,9,12-13,19H,4,8,10-11H2,1-2H3/t12-,13+. The molecule has 1 saturated heterocycles. The van der Waals surface area contributed by atoms with Gasteiger partial charge < -0.3 is 14.7 Å². The number of hydrogen-bond donors (Lipinski definition) is 1. The van der Waals surface area contributed by atoms with Gasteiger partial charge in [-0.2, -0.15) is 0 Å². The fourth-order valence-corrected chi connectivity index (χ4v) is 2.32. The molecule has 2 heterocycles. The molecular weight excluding hydrogens is 268 g/mol. The van der Waals surface area contributed by atoms with Crippen LogP contribution in [0.5, 0.6) is 0 Å². The minimum atomic E-state index is -0.0770. The molecule has 0 radical (unpaired) electrons. The van der Waals surface area contributed by atoms with E-state index >= 15 is 0 Å². The molecule has 1 amide bonds. The monoisotopic (exact) mass is 288 g/mol. The number of nitrogens with zero attached hydrogens (tertiary/aromatic N) is 2. The third-order valence-electron chi connectivity index (χ3n) is 3.16. The Hall–Kier alpha value is -1.90. The molecule has 5 heteroatoms. The largest absolute Gasteiger partial charge is 0.395 e. The smallest absolute Gasteiger partial charge is 0.272 e. The molecule has 1 aliphatic heterocycles. The fraction of sp³-hybridized carbons (Fsp3) is 0.500. The quantitative estimate of drug-likeness (QED) is 0.827. The van der Waals surface area contributed by atoms with E-state index in [9.17, 15) is 4.79 Å². The second-order valence-corrected chi connectivity index (χ2v) is 5.17. The Bertz CT molecular complexity index is 535. The zero-order valence-electron chi connectivity index (χ0n) is 12.4. The van der Waals surface area contributed by atoms with Gasteiger partial charge in [0.05, 0.1) is 18.8 Å². The number of pyridine rings is 1. The van der Waals surface area contributed by atoms with Crippen molar-refractivity contribution in [3.05, 3.63) is 29.6 Å². The lowest BCUT2D eigenvalue weighted by atomic mass is 10.2. The van der Waals surface area contributed by atoms with Gasteiger partial charge in [0.2, 0.25) is 0 Å². The van der Waals surface area contributed by atoms with Crippen molar-refractivity contribution in [2.75, 3.05) is 19.7 Å². The van der Waals surface area contributed by atoms with E-state index < -0.39 is 0 Å². The highest BCUT2D eigenvalue weighted by atomic mass is 16.5. The summed E-state index contributed by atoms with van der Waals surface area (Å²) in [6, 6.07) is 3.47. The van der Waals surface area contributed by atoms with Crippen LogP contribution >= 0.6 is 0 Å². The molecule has 1 aromatic heterocycles. The van der Waals surface area contributed by atoms with Gasteiger partial charge in [-0.05, 0) is 26.0 Å². The summed E-state index contributed by atoms with van der Waals surface area (Å²) in [5, 5.41) is 8.67. The molecule has 0 aromatic carbocycles. The second-order valence-electron chi connectivity index (χ2n) is 5.17. The van der Waals surface area contributed by atoms with Crippen LogP contribution in [0.2, 0.25) is 0 Å². The Morgan fingerprint density at radius 3 is 2.71 bits per heavy atom. The minimum Gasteiger partial charge on any atom is -0.395 e. The maximum absolute atomic E-state index is 12.4. The first-order valence-corrected chi connectivity index (χ1v) is 7.10. The average Bonchev–Trinajstić information content (AvgIpc) is 2.46. The topological polar surface area (TPSA) is 62.7 Å². The molecule has 2 rings (SSSR count). The van der Waals surface area contributed by atoms with E-state index in [1.54, 1.807) is 23.2 Å². The van der Waals surface area contributed by atoms with E-state index in [1.807, 2.05) is 13.8 Å². The van der Waals surface area contributed by atoms with Crippen molar-refractivity contribution >= 4 is 5.91 Å². The number of carbonyl (C=O) groups is 1. The highest BCUT2D eigenvalue weighted by Crippen LogP contribution is 2.13. The number of amides is 1. The molecular formula is C16H20N2O3. The maximum Gasteiger partial charge on any atom is 0.272 e. The molecule has 112 valence electrons. The van der Waals surface area contributed by atoms with Crippen LogP contribution in [0, 0.1) is 11.8 Å². The van der Waals surface area contributed by atoms with Crippen molar-refractivity contribution in [2.24, 2.45) is 0 Å². The number of morpholine rings is 1. The Kier molecular flexibility index (Phi) is 5.32. The highest BCUT2D eigenvalue weighted by Gasteiger charge is 2.27. The number of aromatic nitrogens is 1. The molecule has 0 bridgehead atoms. The van der Waals surface area contributed by atoms with Gasteiger partial charge in [0.25, 0.3) is 5.91 Å². The van der Waals surface area contributed by atoms with Gasteiger partial charge in [0, 0.05) is 31.3 Å². The summed E-state index contributed by atoms with van der Waals surface area (Å²) < 4.78 is 5.62. The lowest BCUT2D eigenvalue weighted by molar-refractivity contribution is -0.0587. The molecule has 2 atom stereocenters. The maximum atomic E-state index is 12.4. The summed E-state index contributed by atoms with van der Waals surface area (Å²) in [5.74, 6) is 5.63. The Morgan fingerprint density at radius 2 is 2.14 bits per heavy atom. The summed E-state index contributed by atoms with van der Waals surface area (Å²) in [5.41, 5.74) is 1.16. The SMILES string of the molecule is C[C@@H]1CN(C(=O)c2ccc(C#CCCO)cn2)C[C@H](C)O1. The molecule has 5 nitrogen and oxygen atoms in total. The van der Waals surface area contributed by atoms with Crippen LogP contribution in [-0.4, -0.2) is 52.8 Å². The third kappa shape index (κ3) is 4.28. The fourth-order valence-electron chi connectivity index (χ4n) is 2.32. The van der Waals surface area contributed by atoms with Crippen LogP contribution in [0.25, 0.3) is 0 Å². The number of hydrogen-bond acceptors (Lipinski definition) is 4. The number of rotatable bonds is 2. The predicted molar refractivity (Wildman–Crippen MR) is 78.7 cm³/mol. The third-order valence-corrected chi connectivity index (χ3v) is 3.16. The van der Waals surface area contributed by atoms with Gasteiger partial charge in [-0.1, -0.05) is 11.8 Å². The van der Waals surface area contributed by atoms with E-state index in [0.717, 1.165) is 5.56 Å². The number of ether oxygens (including phenoxy) is 1. The molecule has 0 saturated carbocycles. The molecule has 0 unspecified atom stereocenters. The molecule has 21 heavy (non-hydrogen) atoms. The van der Waals surface area contributed by atoms with Crippen molar-refractivity contribution < 1.29 is 14.6 Å². The number of carbonyl (C=O) groups excluding carboxylic acids is 1. The summed E-state index contributed by atoms with van der Waals surface area (Å²) in [6.45, 7) is 5.14.